The molecular weight excluding hydrogens is 290 g/mol. The van der Waals surface area contributed by atoms with Gasteiger partial charge in [-0.2, -0.15) is 0 Å². The average molecular weight is 299 g/mol. The van der Waals surface area contributed by atoms with Crippen LogP contribution in [0.3, 0.4) is 0 Å². The number of carbonyl (C=O) groups excluding carboxylic acids is 1. The molecule has 0 fully saturated rings. The maximum Gasteiger partial charge on any atom is 0.323 e. The highest BCUT2D eigenvalue weighted by Gasteiger charge is 2.07. The number of nitrogens with one attached hydrogen (secondary N) is 2. The maximum atomic E-state index is 12.8. The molecule has 0 aliphatic heterocycles. The van der Waals surface area contributed by atoms with Crippen LogP contribution < -0.4 is 10.6 Å². The van der Waals surface area contributed by atoms with Crippen molar-refractivity contribution < 1.29 is 9.18 Å². The lowest BCUT2D eigenvalue weighted by atomic mass is 10.3. The van der Waals surface area contributed by atoms with E-state index in [1.165, 1.54) is 12.1 Å². The van der Waals surface area contributed by atoms with Crippen molar-refractivity contribution in [3.63, 3.8) is 0 Å². The molecule has 98 valence electrons. The molecule has 2 rings (SSSR count). The fraction of sp³-hybridized carbons (Fsp3) is 0. The van der Waals surface area contributed by atoms with Gasteiger partial charge in [0.15, 0.2) is 0 Å². The molecule has 0 bridgehead atoms. The summed E-state index contributed by atoms with van der Waals surface area (Å²) in [6.45, 7) is 0. The van der Waals surface area contributed by atoms with E-state index in [1.807, 2.05) is 0 Å². The van der Waals surface area contributed by atoms with Crippen LogP contribution in [0.25, 0.3) is 0 Å². The Morgan fingerprint density at radius 1 is 1.05 bits per heavy atom. The zero-order valence-corrected chi connectivity index (χ0v) is 11.1. The quantitative estimate of drug-likeness (QED) is 0.823. The lowest BCUT2D eigenvalue weighted by Gasteiger charge is -2.09. The largest absolute Gasteiger partial charge is 0.323 e. The predicted octanol–water partition coefficient (Wildman–Crippen LogP) is 4.78. The molecule has 3 nitrogen and oxygen atoms in total. The summed E-state index contributed by atoms with van der Waals surface area (Å²) in [5.74, 6) is -0.467. The van der Waals surface area contributed by atoms with Gasteiger partial charge >= 0.3 is 6.03 Å². The van der Waals surface area contributed by atoms with Gasteiger partial charge in [0, 0.05) is 10.7 Å². The van der Waals surface area contributed by atoms with Gasteiger partial charge in [-0.05, 0) is 36.4 Å². The minimum absolute atomic E-state index is 0.126. The monoisotopic (exact) mass is 298 g/mol. The van der Waals surface area contributed by atoms with E-state index in [9.17, 15) is 9.18 Å². The van der Waals surface area contributed by atoms with Crippen molar-refractivity contribution >= 4 is 40.6 Å². The third-order valence-corrected chi connectivity index (χ3v) is 2.81. The second-order valence-corrected chi connectivity index (χ2v) is 4.56. The molecule has 6 heteroatoms. The van der Waals surface area contributed by atoms with Crippen molar-refractivity contribution in [1.82, 2.24) is 0 Å². The summed E-state index contributed by atoms with van der Waals surface area (Å²) in [5, 5.41) is 5.74. The molecule has 0 heterocycles. The number of carbonyl (C=O) groups is 1. The highest BCUT2D eigenvalue weighted by Crippen LogP contribution is 2.22. The summed E-state index contributed by atoms with van der Waals surface area (Å²) in [6, 6.07) is 9.93. The number of halogens is 3. The van der Waals surface area contributed by atoms with Crippen LogP contribution in [0.2, 0.25) is 10.0 Å². The summed E-state index contributed by atoms with van der Waals surface area (Å²) in [6.07, 6.45) is 0. The molecule has 2 N–H and O–H groups in total. The van der Waals surface area contributed by atoms with E-state index in [0.717, 1.165) is 6.07 Å². The number of amides is 2. The molecule has 2 amide bonds. The normalized spacial score (nSPS) is 10.1. The van der Waals surface area contributed by atoms with Crippen LogP contribution in [0.15, 0.2) is 42.5 Å². The predicted molar refractivity (Wildman–Crippen MR) is 75.5 cm³/mol. The third-order valence-electron chi connectivity index (χ3n) is 2.26. The first kappa shape index (κ1) is 13.6. The van der Waals surface area contributed by atoms with Crippen LogP contribution in [0.4, 0.5) is 20.6 Å². The van der Waals surface area contributed by atoms with Gasteiger partial charge in [-0.25, -0.2) is 9.18 Å². The van der Waals surface area contributed by atoms with Crippen LogP contribution in [-0.2, 0) is 0 Å². The summed E-state index contributed by atoms with van der Waals surface area (Å²) in [7, 11) is 0. The molecule has 0 atom stereocenters. The van der Waals surface area contributed by atoms with E-state index < -0.39 is 11.8 Å². The molecule has 0 radical (unpaired) electrons. The summed E-state index contributed by atoms with van der Waals surface area (Å²) < 4.78 is 12.8. The van der Waals surface area contributed by atoms with Gasteiger partial charge in [0.1, 0.15) is 5.82 Å². The molecular formula is C13H9Cl2FN2O. The van der Waals surface area contributed by atoms with Gasteiger partial charge in [-0.3, -0.25) is 0 Å². The SMILES string of the molecule is O=C(Nc1cccc(Cl)c1)Nc1ccc(F)cc1Cl. The van der Waals surface area contributed by atoms with Crippen LogP contribution in [-0.4, -0.2) is 6.03 Å². The lowest BCUT2D eigenvalue weighted by Crippen LogP contribution is -2.19. The summed E-state index contributed by atoms with van der Waals surface area (Å²) in [5.41, 5.74) is 0.867. The molecule has 0 aliphatic carbocycles. The molecule has 0 saturated carbocycles. The fourth-order valence-corrected chi connectivity index (χ4v) is 1.85. The first-order chi connectivity index (χ1) is 9.04. The van der Waals surface area contributed by atoms with Crippen molar-refractivity contribution in [2.45, 2.75) is 0 Å². The fourth-order valence-electron chi connectivity index (χ4n) is 1.44. The van der Waals surface area contributed by atoms with Gasteiger partial charge in [-0.15, -0.1) is 0 Å². The van der Waals surface area contributed by atoms with Gasteiger partial charge in [0.05, 0.1) is 10.7 Å². The van der Waals surface area contributed by atoms with E-state index in [-0.39, 0.29) is 5.02 Å². The summed E-state index contributed by atoms with van der Waals surface area (Å²) in [4.78, 5) is 11.7. The van der Waals surface area contributed by atoms with Gasteiger partial charge < -0.3 is 10.6 Å². The lowest BCUT2D eigenvalue weighted by molar-refractivity contribution is 0.262. The maximum absolute atomic E-state index is 12.8. The van der Waals surface area contributed by atoms with Crippen molar-refractivity contribution in [2.24, 2.45) is 0 Å². The molecule has 0 aromatic heterocycles. The standard InChI is InChI=1S/C13H9Cl2FN2O/c14-8-2-1-3-10(6-8)17-13(19)18-12-5-4-9(16)7-11(12)15/h1-7H,(H2,17,18,19). The second-order valence-electron chi connectivity index (χ2n) is 3.71. The number of urea groups is 1. The number of hydrogen-bond donors (Lipinski definition) is 2. The topological polar surface area (TPSA) is 41.1 Å². The first-order valence-corrected chi connectivity index (χ1v) is 6.09. The Morgan fingerprint density at radius 3 is 2.53 bits per heavy atom. The van der Waals surface area contributed by atoms with Gasteiger partial charge in [-0.1, -0.05) is 29.3 Å². The van der Waals surface area contributed by atoms with Crippen LogP contribution >= 0.6 is 23.2 Å². The van der Waals surface area contributed by atoms with E-state index in [2.05, 4.69) is 10.6 Å². The highest BCUT2D eigenvalue weighted by atomic mass is 35.5. The Kier molecular flexibility index (Phi) is 4.24. The smallest absolute Gasteiger partial charge is 0.308 e. The Balaban J connectivity index is 2.05. The van der Waals surface area contributed by atoms with Crippen molar-refractivity contribution in [3.8, 4) is 0 Å². The van der Waals surface area contributed by atoms with Crippen LogP contribution in [0, 0.1) is 5.82 Å². The highest BCUT2D eigenvalue weighted by molar-refractivity contribution is 6.33. The average Bonchev–Trinajstić information content (AvgIpc) is 2.33. The van der Waals surface area contributed by atoms with E-state index in [0.29, 0.717) is 16.4 Å². The van der Waals surface area contributed by atoms with E-state index in [4.69, 9.17) is 23.2 Å². The van der Waals surface area contributed by atoms with E-state index in [1.54, 1.807) is 24.3 Å². The van der Waals surface area contributed by atoms with Gasteiger partial charge in [0.2, 0.25) is 0 Å². The Hall–Kier alpha value is -1.78. The minimum Gasteiger partial charge on any atom is -0.308 e. The minimum atomic E-state index is -0.490. The molecule has 19 heavy (non-hydrogen) atoms. The Bertz CT molecular complexity index is 619. The van der Waals surface area contributed by atoms with Crippen molar-refractivity contribution in [1.29, 1.82) is 0 Å². The molecule has 0 saturated heterocycles. The molecule has 2 aromatic rings. The molecule has 2 aromatic carbocycles. The van der Waals surface area contributed by atoms with Crippen molar-refractivity contribution in [2.75, 3.05) is 10.6 Å². The Morgan fingerprint density at radius 2 is 1.84 bits per heavy atom. The number of benzene rings is 2. The van der Waals surface area contributed by atoms with Gasteiger partial charge in [0.25, 0.3) is 0 Å². The number of rotatable bonds is 2. The number of hydrogen-bond acceptors (Lipinski definition) is 1. The molecule has 0 aliphatic rings. The summed E-state index contributed by atoms with van der Waals surface area (Å²) >= 11 is 11.6. The van der Waals surface area contributed by atoms with Crippen molar-refractivity contribution in [3.05, 3.63) is 58.3 Å². The second kappa shape index (κ2) is 5.91. The van der Waals surface area contributed by atoms with E-state index >= 15 is 0 Å². The number of anilines is 2. The third kappa shape index (κ3) is 3.84. The molecule has 0 unspecified atom stereocenters. The Labute approximate surface area is 119 Å². The van der Waals surface area contributed by atoms with Crippen LogP contribution in [0.5, 0.6) is 0 Å². The first-order valence-electron chi connectivity index (χ1n) is 5.33. The molecule has 0 spiro atoms. The zero-order valence-electron chi connectivity index (χ0n) is 9.58. The zero-order chi connectivity index (χ0) is 13.8. The van der Waals surface area contributed by atoms with Crippen LogP contribution in [0.1, 0.15) is 0 Å².